The highest BCUT2D eigenvalue weighted by atomic mass is 35.5. The minimum atomic E-state index is -3.61. The van der Waals surface area contributed by atoms with Crippen LogP contribution in [0.15, 0.2) is 23.4 Å². The van der Waals surface area contributed by atoms with Crippen molar-refractivity contribution in [3.63, 3.8) is 0 Å². The first kappa shape index (κ1) is 16.3. The number of sulfonamides is 1. The lowest BCUT2D eigenvalue weighted by Crippen LogP contribution is -2.26. The summed E-state index contributed by atoms with van der Waals surface area (Å²) in [7, 11) is -2.02. The van der Waals surface area contributed by atoms with Gasteiger partial charge in [0.2, 0.25) is 10.0 Å². The molecule has 0 spiro atoms. The topological polar surface area (TPSA) is 77.5 Å². The van der Waals surface area contributed by atoms with Gasteiger partial charge in [0.25, 0.3) is 0 Å². The molecule has 0 saturated carbocycles. The van der Waals surface area contributed by atoms with E-state index < -0.39 is 10.0 Å². The lowest BCUT2D eigenvalue weighted by atomic mass is 10.5. The van der Waals surface area contributed by atoms with Crippen LogP contribution < -0.4 is 4.72 Å². The first-order valence-corrected chi connectivity index (χ1v) is 7.60. The van der Waals surface area contributed by atoms with Gasteiger partial charge in [-0.05, 0) is 12.5 Å². The molecule has 1 aromatic rings. The van der Waals surface area contributed by atoms with Crippen LogP contribution in [0.4, 0.5) is 0 Å². The molecule has 0 amide bonds. The fourth-order valence-corrected chi connectivity index (χ4v) is 2.77. The van der Waals surface area contributed by atoms with E-state index in [0.717, 1.165) is 0 Å². The number of hydrogen-bond donors (Lipinski definition) is 1. The molecule has 0 bridgehead atoms. The molecular weight excluding hydrogens is 292 g/mol. The van der Waals surface area contributed by atoms with Crippen molar-refractivity contribution >= 4 is 21.6 Å². The summed E-state index contributed by atoms with van der Waals surface area (Å²) in [6.07, 6.45) is 3.23. The summed E-state index contributed by atoms with van der Waals surface area (Å²) in [5.41, 5.74) is 0. The maximum absolute atomic E-state index is 11.9. The van der Waals surface area contributed by atoms with Crippen LogP contribution in [-0.2, 0) is 19.5 Å². The van der Waals surface area contributed by atoms with E-state index in [1.165, 1.54) is 18.5 Å². The Morgan fingerprint density at radius 2 is 2.16 bits per heavy atom. The molecular formula is C11H17ClN2O4S. The van der Waals surface area contributed by atoms with Gasteiger partial charge in [-0.3, -0.25) is 4.98 Å². The largest absolute Gasteiger partial charge is 0.382 e. The second-order valence-electron chi connectivity index (χ2n) is 3.66. The summed E-state index contributed by atoms with van der Waals surface area (Å²) in [5.74, 6) is 0. The molecule has 0 atom stereocenters. The zero-order valence-electron chi connectivity index (χ0n) is 10.6. The number of nitrogens with one attached hydrogen (secondary N) is 1. The van der Waals surface area contributed by atoms with Gasteiger partial charge in [-0.1, -0.05) is 11.6 Å². The van der Waals surface area contributed by atoms with Gasteiger partial charge in [-0.15, -0.1) is 0 Å². The second kappa shape index (κ2) is 8.44. The van der Waals surface area contributed by atoms with E-state index in [2.05, 4.69) is 9.71 Å². The van der Waals surface area contributed by atoms with E-state index in [0.29, 0.717) is 26.2 Å². The van der Waals surface area contributed by atoms with E-state index in [9.17, 15) is 8.42 Å². The Bertz CT molecular complexity index is 481. The van der Waals surface area contributed by atoms with Gasteiger partial charge in [0, 0.05) is 32.7 Å². The number of rotatable bonds is 9. The monoisotopic (exact) mass is 308 g/mol. The third-order valence-corrected chi connectivity index (χ3v) is 4.14. The highest BCUT2D eigenvalue weighted by Gasteiger charge is 2.16. The third kappa shape index (κ3) is 5.84. The van der Waals surface area contributed by atoms with Crippen molar-refractivity contribution in [1.29, 1.82) is 0 Å². The molecule has 0 radical (unpaired) electrons. The number of nitrogens with zero attached hydrogens (tertiary/aromatic N) is 1. The van der Waals surface area contributed by atoms with Crippen molar-refractivity contribution in [2.75, 3.05) is 33.5 Å². The molecule has 108 valence electrons. The molecule has 0 fully saturated rings. The predicted octanol–water partition coefficient (Wildman–Crippen LogP) is 1.07. The van der Waals surface area contributed by atoms with Crippen LogP contribution in [0.25, 0.3) is 0 Å². The van der Waals surface area contributed by atoms with Gasteiger partial charge >= 0.3 is 0 Å². The van der Waals surface area contributed by atoms with E-state index in [-0.39, 0.29) is 16.5 Å². The Hall–Kier alpha value is -0.730. The molecule has 0 aliphatic rings. The van der Waals surface area contributed by atoms with E-state index in [1.54, 1.807) is 7.11 Å². The summed E-state index contributed by atoms with van der Waals surface area (Å²) in [6, 6.07) is 1.43. The number of hydrogen-bond acceptors (Lipinski definition) is 5. The van der Waals surface area contributed by atoms with Gasteiger partial charge in [0.15, 0.2) is 0 Å². The lowest BCUT2D eigenvalue weighted by molar-refractivity contribution is 0.0699. The van der Waals surface area contributed by atoms with Gasteiger partial charge in [-0.25, -0.2) is 13.1 Å². The van der Waals surface area contributed by atoms with Gasteiger partial charge in [0.1, 0.15) is 4.90 Å². The Balaban J connectivity index is 2.34. The average Bonchev–Trinajstić information content (AvgIpc) is 2.38. The highest BCUT2D eigenvalue weighted by molar-refractivity contribution is 7.89. The Labute approximate surface area is 118 Å². The molecule has 0 aliphatic heterocycles. The summed E-state index contributed by atoms with van der Waals surface area (Å²) in [5, 5.41) is 0.152. The molecule has 0 unspecified atom stereocenters. The van der Waals surface area contributed by atoms with Crippen LogP contribution in [0.3, 0.4) is 0 Å². The number of halogens is 1. The normalized spacial score (nSPS) is 11.7. The highest BCUT2D eigenvalue weighted by Crippen LogP contribution is 2.18. The molecule has 8 heteroatoms. The van der Waals surface area contributed by atoms with Crippen molar-refractivity contribution in [1.82, 2.24) is 9.71 Å². The maximum Gasteiger partial charge on any atom is 0.243 e. The van der Waals surface area contributed by atoms with Crippen LogP contribution in [0.2, 0.25) is 5.02 Å². The van der Waals surface area contributed by atoms with Crippen molar-refractivity contribution in [3.05, 3.63) is 23.5 Å². The van der Waals surface area contributed by atoms with Crippen LogP contribution >= 0.6 is 11.6 Å². The van der Waals surface area contributed by atoms with Gasteiger partial charge < -0.3 is 9.47 Å². The summed E-state index contributed by atoms with van der Waals surface area (Å²) >= 11 is 5.81. The lowest BCUT2D eigenvalue weighted by Gasteiger charge is -2.08. The molecule has 1 N–H and O–H groups in total. The number of methoxy groups -OCH3 is 1. The predicted molar refractivity (Wildman–Crippen MR) is 71.7 cm³/mol. The van der Waals surface area contributed by atoms with Gasteiger partial charge in [-0.2, -0.15) is 0 Å². The molecule has 0 aromatic carbocycles. The second-order valence-corrected chi connectivity index (χ2v) is 5.81. The molecule has 1 rings (SSSR count). The molecule has 0 aliphatic carbocycles. The SMILES string of the molecule is COCCOCCCNS(=O)(=O)c1cnccc1Cl. The summed E-state index contributed by atoms with van der Waals surface area (Å²) in [6.45, 7) is 1.77. The minimum absolute atomic E-state index is 0.0167. The fraction of sp³-hybridized carbons (Fsp3) is 0.545. The Morgan fingerprint density at radius 1 is 1.37 bits per heavy atom. The molecule has 6 nitrogen and oxygen atoms in total. The average molecular weight is 309 g/mol. The van der Waals surface area contributed by atoms with Crippen molar-refractivity contribution in [2.45, 2.75) is 11.3 Å². The third-order valence-electron chi connectivity index (χ3n) is 2.21. The first-order chi connectivity index (χ1) is 9.08. The van der Waals surface area contributed by atoms with E-state index in [1.807, 2.05) is 0 Å². The standard InChI is InChI=1S/C11H17ClN2O4S/c1-17-7-8-18-6-2-4-14-19(15,16)11-9-13-5-3-10(11)12/h3,5,9,14H,2,4,6-8H2,1H3. The van der Waals surface area contributed by atoms with Crippen LogP contribution in [0, 0.1) is 0 Å². The summed E-state index contributed by atoms with van der Waals surface area (Å²) < 4.78 is 36.3. The number of aromatic nitrogens is 1. The fourth-order valence-electron chi connectivity index (χ4n) is 1.26. The van der Waals surface area contributed by atoms with Crippen molar-refractivity contribution in [2.24, 2.45) is 0 Å². The molecule has 1 aromatic heterocycles. The Morgan fingerprint density at radius 3 is 2.84 bits per heavy atom. The number of pyridine rings is 1. The molecule has 1 heterocycles. The van der Waals surface area contributed by atoms with Crippen LogP contribution in [0.1, 0.15) is 6.42 Å². The molecule has 19 heavy (non-hydrogen) atoms. The zero-order valence-corrected chi connectivity index (χ0v) is 12.2. The quantitative estimate of drug-likeness (QED) is 0.690. The first-order valence-electron chi connectivity index (χ1n) is 5.74. The Kier molecular flexibility index (Phi) is 7.25. The smallest absolute Gasteiger partial charge is 0.243 e. The van der Waals surface area contributed by atoms with Crippen LogP contribution in [-0.4, -0.2) is 46.9 Å². The van der Waals surface area contributed by atoms with Gasteiger partial charge in [0.05, 0.1) is 18.2 Å². The molecule has 0 saturated heterocycles. The number of ether oxygens (including phenoxy) is 2. The summed E-state index contributed by atoms with van der Waals surface area (Å²) in [4.78, 5) is 3.73. The maximum atomic E-state index is 11.9. The van der Waals surface area contributed by atoms with Crippen molar-refractivity contribution in [3.8, 4) is 0 Å². The van der Waals surface area contributed by atoms with E-state index in [4.69, 9.17) is 21.1 Å². The van der Waals surface area contributed by atoms with Crippen LogP contribution in [0.5, 0.6) is 0 Å². The zero-order chi connectivity index (χ0) is 14.1. The van der Waals surface area contributed by atoms with E-state index >= 15 is 0 Å². The van der Waals surface area contributed by atoms with Crippen molar-refractivity contribution < 1.29 is 17.9 Å². The minimum Gasteiger partial charge on any atom is -0.382 e.